The smallest absolute Gasteiger partial charge is 0.147 e. The molecule has 20 heavy (non-hydrogen) atoms. The average Bonchev–Trinajstić information content (AvgIpc) is 2.77. The molecule has 0 N–H and O–H groups in total. The van der Waals surface area contributed by atoms with E-state index in [-0.39, 0.29) is 0 Å². The molecule has 0 radical (unpaired) electrons. The van der Waals surface area contributed by atoms with Crippen molar-refractivity contribution in [3.63, 3.8) is 0 Å². The Kier molecular flexibility index (Phi) is 4.79. The summed E-state index contributed by atoms with van der Waals surface area (Å²) in [6.45, 7) is 4.71. The van der Waals surface area contributed by atoms with E-state index in [0.717, 1.165) is 23.9 Å². The van der Waals surface area contributed by atoms with Gasteiger partial charge in [-0.15, -0.1) is 0 Å². The first-order valence-electron chi connectivity index (χ1n) is 7.94. The third-order valence-corrected chi connectivity index (χ3v) is 4.89. The molecule has 3 heterocycles. The van der Waals surface area contributed by atoms with E-state index < -0.39 is 0 Å². The maximum Gasteiger partial charge on any atom is 0.147 e. The number of aromatic nitrogens is 1. The fraction of sp³-hybridized carbons (Fsp3) is 0.688. The summed E-state index contributed by atoms with van der Waals surface area (Å²) in [7, 11) is 0. The Morgan fingerprint density at radius 3 is 2.60 bits per heavy atom. The van der Waals surface area contributed by atoms with Gasteiger partial charge in [0.1, 0.15) is 5.82 Å². The zero-order valence-electron chi connectivity index (χ0n) is 12.1. The molecule has 1 aromatic rings. The number of pyridine rings is 1. The quantitative estimate of drug-likeness (QED) is 0.831. The summed E-state index contributed by atoms with van der Waals surface area (Å²) in [6.07, 6.45) is 9.94. The van der Waals surface area contributed by atoms with Crippen LogP contribution in [0.5, 0.6) is 0 Å². The molecule has 0 spiro atoms. The van der Waals surface area contributed by atoms with Gasteiger partial charge in [0.2, 0.25) is 0 Å². The second-order valence-corrected chi connectivity index (χ2v) is 6.41. The Balaban J connectivity index is 1.68. The molecular weight excluding hydrogens is 270 g/mol. The summed E-state index contributed by atoms with van der Waals surface area (Å²) in [5, 5.41) is 0.781. The van der Waals surface area contributed by atoms with Crippen LogP contribution in [0, 0.1) is 0 Å². The van der Waals surface area contributed by atoms with Crippen LogP contribution in [0.15, 0.2) is 18.3 Å². The number of hydrogen-bond acceptors (Lipinski definition) is 3. The second-order valence-electron chi connectivity index (χ2n) is 6.00. The molecule has 0 amide bonds. The summed E-state index contributed by atoms with van der Waals surface area (Å²) in [5.41, 5.74) is 0. The summed E-state index contributed by atoms with van der Waals surface area (Å²) >= 11 is 6.30. The number of piperidine rings is 1. The van der Waals surface area contributed by atoms with Gasteiger partial charge in [-0.3, -0.25) is 4.90 Å². The highest BCUT2D eigenvalue weighted by Crippen LogP contribution is 2.27. The fourth-order valence-corrected chi connectivity index (χ4v) is 3.76. The van der Waals surface area contributed by atoms with E-state index in [4.69, 9.17) is 11.6 Å². The molecule has 2 aliphatic heterocycles. The van der Waals surface area contributed by atoms with Gasteiger partial charge in [0, 0.05) is 25.3 Å². The van der Waals surface area contributed by atoms with Crippen molar-refractivity contribution in [2.75, 3.05) is 31.1 Å². The highest BCUT2D eigenvalue weighted by atomic mass is 35.5. The highest BCUT2D eigenvalue weighted by Gasteiger charge is 2.27. The van der Waals surface area contributed by atoms with Crippen molar-refractivity contribution < 1.29 is 0 Å². The number of nitrogens with zero attached hydrogens (tertiary/aromatic N) is 3. The average molecular weight is 294 g/mol. The lowest BCUT2D eigenvalue weighted by Gasteiger charge is -2.39. The summed E-state index contributed by atoms with van der Waals surface area (Å²) in [4.78, 5) is 9.56. The predicted molar refractivity (Wildman–Crippen MR) is 84.5 cm³/mol. The molecule has 0 saturated carbocycles. The minimum atomic E-state index is 0.680. The lowest BCUT2D eigenvalue weighted by molar-refractivity contribution is 0.182. The molecular formula is C16H24ClN3. The first-order valence-corrected chi connectivity index (χ1v) is 8.32. The number of hydrogen-bond donors (Lipinski definition) is 0. The lowest BCUT2D eigenvalue weighted by Crippen LogP contribution is -2.48. The van der Waals surface area contributed by atoms with E-state index in [2.05, 4.69) is 14.8 Å². The van der Waals surface area contributed by atoms with Crippen LogP contribution in [-0.2, 0) is 0 Å². The van der Waals surface area contributed by atoms with Crippen molar-refractivity contribution >= 4 is 17.4 Å². The number of rotatable bonds is 2. The van der Waals surface area contributed by atoms with Gasteiger partial charge in [-0.25, -0.2) is 4.98 Å². The Morgan fingerprint density at radius 2 is 1.85 bits per heavy atom. The lowest BCUT2D eigenvalue weighted by atomic mass is 10.0. The van der Waals surface area contributed by atoms with Gasteiger partial charge >= 0.3 is 0 Å². The van der Waals surface area contributed by atoms with E-state index in [1.807, 2.05) is 18.3 Å². The Labute approximate surface area is 126 Å². The van der Waals surface area contributed by atoms with E-state index in [1.165, 1.54) is 51.6 Å². The molecule has 2 aliphatic rings. The highest BCUT2D eigenvalue weighted by molar-refractivity contribution is 6.32. The molecule has 3 rings (SSSR count). The van der Waals surface area contributed by atoms with E-state index in [0.29, 0.717) is 6.04 Å². The standard InChI is InChI=1S/C16H24ClN3/c17-15-8-5-9-18-16(15)20-12-6-7-14(13-20)19-10-3-1-2-4-11-19/h5,8-9,14H,1-4,6-7,10-13H2. The van der Waals surface area contributed by atoms with Gasteiger partial charge in [-0.1, -0.05) is 24.4 Å². The minimum absolute atomic E-state index is 0.680. The monoisotopic (exact) mass is 293 g/mol. The van der Waals surface area contributed by atoms with Crippen molar-refractivity contribution in [3.05, 3.63) is 23.4 Å². The summed E-state index contributed by atoms with van der Waals surface area (Å²) in [5.74, 6) is 0.966. The molecule has 110 valence electrons. The van der Waals surface area contributed by atoms with Crippen molar-refractivity contribution in [2.45, 2.75) is 44.6 Å². The molecule has 1 unspecified atom stereocenters. The van der Waals surface area contributed by atoms with Crippen LogP contribution < -0.4 is 4.90 Å². The second kappa shape index (κ2) is 6.77. The van der Waals surface area contributed by atoms with Crippen LogP contribution in [0.3, 0.4) is 0 Å². The molecule has 0 bridgehead atoms. The van der Waals surface area contributed by atoms with E-state index in [9.17, 15) is 0 Å². The molecule has 1 atom stereocenters. The van der Waals surface area contributed by atoms with E-state index >= 15 is 0 Å². The van der Waals surface area contributed by atoms with Gasteiger partial charge in [-0.05, 0) is 50.9 Å². The first-order chi connectivity index (χ1) is 9.84. The molecule has 2 saturated heterocycles. The summed E-state index contributed by atoms with van der Waals surface area (Å²) < 4.78 is 0. The van der Waals surface area contributed by atoms with Gasteiger partial charge in [0.15, 0.2) is 0 Å². The van der Waals surface area contributed by atoms with Gasteiger partial charge < -0.3 is 4.90 Å². The maximum atomic E-state index is 6.30. The SMILES string of the molecule is Clc1cccnc1N1CCCC(N2CCCCCC2)C1. The molecule has 0 aromatic carbocycles. The van der Waals surface area contributed by atoms with Crippen molar-refractivity contribution in [1.29, 1.82) is 0 Å². The van der Waals surface area contributed by atoms with Crippen LogP contribution >= 0.6 is 11.6 Å². The third kappa shape index (κ3) is 3.26. The molecule has 0 aliphatic carbocycles. The Morgan fingerprint density at radius 1 is 1.05 bits per heavy atom. The van der Waals surface area contributed by atoms with Crippen LogP contribution in [-0.4, -0.2) is 42.1 Å². The number of likely N-dealkylation sites (tertiary alicyclic amines) is 1. The van der Waals surface area contributed by atoms with Crippen molar-refractivity contribution in [2.24, 2.45) is 0 Å². The van der Waals surface area contributed by atoms with Crippen molar-refractivity contribution in [1.82, 2.24) is 9.88 Å². The topological polar surface area (TPSA) is 19.4 Å². The zero-order valence-corrected chi connectivity index (χ0v) is 12.9. The largest absolute Gasteiger partial charge is 0.354 e. The maximum absolute atomic E-state index is 6.30. The summed E-state index contributed by atoms with van der Waals surface area (Å²) in [6, 6.07) is 4.53. The minimum Gasteiger partial charge on any atom is -0.354 e. The fourth-order valence-electron chi connectivity index (χ4n) is 3.52. The predicted octanol–water partition coefficient (Wildman–Crippen LogP) is 3.58. The zero-order chi connectivity index (χ0) is 13.8. The van der Waals surface area contributed by atoms with Gasteiger partial charge in [0.05, 0.1) is 5.02 Å². The normalized spacial score (nSPS) is 25.4. The molecule has 3 nitrogen and oxygen atoms in total. The molecule has 1 aromatic heterocycles. The number of halogens is 1. The first kappa shape index (κ1) is 14.2. The third-order valence-electron chi connectivity index (χ3n) is 4.59. The Bertz CT molecular complexity index is 429. The van der Waals surface area contributed by atoms with Gasteiger partial charge in [-0.2, -0.15) is 0 Å². The van der Waals surface area contributed by atoms with Crippen LogP contribution in [0.1, 0.15) is 38.5 Å². The number of anilines is 1. The van der Waals surface area contributed by atoms with E-state index in [1.54, 1.807) is 0 Å². The van der Waals surface area contributed by atoms with Crippen LogP contribution in [0.25, 0.3) is 0 Å². The molecule has 4 heteroatoms. The van der Waals surface area contributed by atoms with Gasteiger partial charge in [0.25, 0.3) is 0 Å². The van der Waals surface area contributed by atoms with Crippen LogP contribution in [0.2, 0.25) is 5.02 Å². The molecule has 2 fully saturated rings. The Hall–Kier alpha value is -0.800. The van der Waals surface area contributed by atoms with Crippen LogP contribution in [0.4, 0.5) is 5.82 Å². The van der Waals surface area contributed by atoms with Crippen molar-refractivity contribution in [3.8, 4) is 0 Å².